The number of carbonyl (C=O) groups excluding carboxylic acids is 1. The SMILES string of the molecule is COC(=O)C(C)(CCCSc1ccccc1Cl)NC(C)C. The molecule has 1 N–H and O–H groups in total. The second kappa shape index (κ2) is 8.66. The Labute approximate surface area is 136 Å². The average Bonchev–Trinajstić information content (AvgIpc) is 2.43. The second-order valence-corrected chi connectivity index (χ2v) is 7.05. The topological polar surface area (TPSA) is 38.3 Å². The molecule has 0 bridgehead atoms. The maximum absolute atomic E-state index is 12.0. The molecule has 3 nitrogen and oxygen atoms in total. The van der Waals surface area contributed by atoms with Gasteiger partial charge in [-0.15, -0.1) is 11.8 Å². The lowest BCUT2D eigenvalue weighted by molar-refractivity contribution is -0.148. The van der Waals surface area contributed by atoms with Crippen molar-refractivity contribution < 1.29 is 9.53 Å². The third kappa shape index (κ3) is 5.89. The van der Waals surface area contributed by atoms with Gasteiger partial charge < -0.3 is 4.74 Å². The first-order valence-electron chi connectivity index (χ1n) is 7.12. The van der Waals surface area contributed by atoms with Crippen molar-refractivity contribution in [3.63, 3.8) is 0 Å². The lowest BCUT2D eigenvalue weighted by Crippen LogP contribution is -2.53. The minimum Gasteiger partial charge on any atom is -0.468 e. The fourth-order valence-corrected chi connectivity index (χ4v) is 3.45. The molecule has 0 heterocycles. The molecule has 0 saturated heterocycles. The van der Waals surface area contributed by atoms with Crippen molar-refractivity contribution in [2.45, 2.75) is 50.1 Å². The van der Waals surface area contributed by atoms with E-state index >= 15 is 0 Å². The van der Waals surface area contributed by atoms with Gasteiger partial charge in [-0.3, -0.25) is 10.1 Å². The second-order valence-electron chi connectivity index (χ2n) is 5.51. The summed E-state index contributed by atoms with van der Waals surface area (Å²) in [5, 5.41) is 4.08. The molecule has 1 aromatic carbocycles. The van der Waals surface area contributed by atoms with E-state index in [0.717, 1.165) is 28.5 Å². The van der Waals surface area contributed by atoms with E-state index in [1.807, 2.05) is 45.0 Å². The summed E-state index contributed by atoms with van der Waals surface area (Å²) in [5.74, 6) is 0.703. The summed E-state index contributed by atoms with van der Waals surface area (Å²) in [4.78, 5) is 13.1. The molecule has 1 aromatic rings. The molecule has 0 amide bonds. The third-order valence-corrected chi connectivity index (χ3v) is 4.76. The summed E-state index contributed by atoms with van der Waals surface area (Å²) < 4.78 is 4.92. The Morgan fingerprint density at radius 2 is 2.10 bits per heavy atom. The molecule has 118 valence electrons. The number of hydrogen-bond acceptors (Lipinski definition) is 4. The number of hydrogen-bond donors (Lipinski definition) is 1. The van der Waals surface area contributed by atoms with Crippen LogP contribution in [0.3, 0.4) is 0 Å². The Bertz CT molecular complexity index is 467. The highest BCUT2D eigenvalue weighted by molar-refractivity contribution is 7.99. The molecule has 0 spiro atoms. The van der Waals surface area contributed by atoms with Gasteiger partial charge in [-0.1, -0.05) is 23.7 Å². The summed E-state index contributed by atoms with van der Waals surface area (Å²) in [7, 11) is 1.43. The van der Waals surface area contributed by atoms with Gasteiger partial charge in [0, 0.05) is 10.9 Å². The number of benzene rings is 1. The van der Waals surface area contributed by atoms with Gasteiger partial charge in [0.25, 0.3) is 0 Å². The molecular weight excluding hydrogens is 306 g/mol. The Hall–Kier alpha value is -0.710. The van der Waals surface area contributed by atoms with E-state index in [1.165, 1.54) is 7.11 Å². The number of methoxy groups -OCH3 is 1. The molecule has 1 atom stereocenters. The van der Waals surface area contributed by atoms with Gasteiger partial charge in [0.2, 0.25) is 0 Å². The Balaban J connectivity index is 2.51. The number of rotatable bonds is 8. The fourth-order valence-electron chi connectivity index (χ4n) is 2.27. The van der Waals surface area contributed by atoms with Crippen LogP contribution in [0.25, 0.3) is 0 Å². The van der Waals surface area contributed by atoms with Gasteiger partial charge in [0.1, 0.15) is 5.54 Å². The maximum atomic E-state index is 12.0. The van der Waals surface area contributed by atoms with Crippen LogP contribution in [0.5, 0.6) is 0 Å². The van der Waals surface area contributed by atoms with Crippen LogP contribution in [0.4, 0.5) is 0 Å². The normalized spacial score (nSPS) is 14.0. The molecule has 0 fully saturated rings. The number of thioether (sulfide) groups is 1. The van der Waals surface area contributed by atoms with Crippen LogP contribution in [-0.4, -0.2) is 30.4 Å². The number of ether oxygens (including phenoxy) is 1. The van der Waals surface area contributed by atoms with E-state index in [1.54, 1.807) is 11.8 Å². The predicted octanol–water partition coefficient (Wildman–Crippen LogP) is 4.14. The van der Waals surface area contributed by atoms with Crippen molar-refractivity contribution >= 4 is 29.3 Å². The maximum Gasteiger partial charge on any atom is 0.325 e. The molecule has 0 aliphatic heterocycles. The fraction of sp³-hybridized carbons (Fsp3) is 0.562. The van der Waals surface area contributed by atoms with Gasteiger partial charge in [0.05, 0.1) is 12.1 Å². The van der Waals surface area contributed by atoms with Crippen molar-refractivity contribution in [2.75, 3.05) is 12.9 Å². The van der Waals surface area contributed by atoms with E-state index in [2.05, 4.69) is 5.32 Å². The van der Waals surface area contributed by atoms with Crippen LogP contribution < -0.4 is 5.32 Å². The van der Waals surface area contributed by atoms with Crippen LogP contribution in [0, 0.1) is 0 Å². The van der Waals surface area contributed by atoms with E-state index < -0.39 is 5.54 Å². The third-order valence-electron chi connectivity index (χ3n) is 3.16. The highest BCUT2D eigenvalue weighted by Crippen LogP contribution is 2.28. The molecule has 1 rings (SSSR count). The van der Waals surface area contributed by atoms with Crippen LogP contribution >= 0.6 is 23.4 Å². The lowest BCUT2D eigenvalue weighted by Gasteiger charge is -2.30. The predicted molar refractivity (Wildman–Crippen MR) is 90.1 cm³/mol. The average molecular weight is 330 g/mol. The molecule has 0 aliphatic carbocycles. The van der Waals surface area contributed by atoms with Gasteiger partial charge >= 0.3 is 5.97 Å². The minimum atomic E-state index is -0.635. The van der Waals surface area contributed by atoms with Crippen molar-refractivity contribution in [1.82, 2.24) is 5.32 Å². The molecule has 0 aliphatic rings. The zero-order valence-corrected chi connectivity index (χ0v) is 14.7. The number of carbonyl (C=O) groups is 1. The number of halogens is 1. The van der Waals surface area contributed by atoms with Crippen molar-refractivity contribution in [3.8, 4) is 0 Å². The molecule has 0 saturated carbocycles. The lowest BCUT2D eigenvalue weighted by atomic mass is 9.95. The van der Waals surface area contributed by atoms with Crippen molar-refractivity contribution in [1.29, 1.82) is 0 Å². The van der Waals surface area contributed by atoms with Crippen LogP contribution in [-0.2, 0) is 9.53 Å². The monoisotopic (exact) mass is 329 g/mol. The van der Waals surface area contributed by atoms with E-state index in [4.69, 9.17) is 16.3 Å². The zero-order valence-electron chi connectivity index (χ0n) is 13.1. The first-order chi connectivity index (χ1) is 9.89. The Morgan fingerprint density at radius 1 is 1.43 bits per heavy atom. The Kier molecular flexibility index (Phi) is 7.57. The van der Waals surface area contributed by atoms with Crippen molar-refractivity contribution in [3.05, 3.63) is 29.3 Å². The zero-order chi connectivity index (χ0) is 15.9. The van der Waals surface area contributed by atoms with Crippen molar-refractivity contribution in [2.24, 2.45) is 0 Å². The molecule has 1 unspecified atom stereocenters. The van der Waals surface area contributed by atoms with Crippen LogP contribution in [0.2, 0.25) is 5.02 Å². The highest BCUT2D eigenvalue weighted by Gasteiger charge is 2.34. The summed E-state index contributed by atoms with van der Waals surface area (Å²) in [5.41, 5.74) is -0.635. The largest absolute Gasteiger partial charge is 0.468 e. The van der Waals surface area contributed by atoms with Gasteiger partial charge in [0.15, 0.2) is 0 Å². The summed E-state index contributed by atoms with van der Waals surface area (Å²) in [6, 6.07) is 8.03. The van der Waals surface area contributed by atoms with E-state index in [-0.39, 0.29) is 12.0 Å². The van der Waals surface area contributed by atoms with Gasteiger partial charge in [-0.05, 0) is 51.5 Å². The number of esters is 1. The molecule has 5 heteroatoms. The number of nitrogens with one attached hydrogen (secondary N) is 1. The molecule has 0 radical (unpaired) electrons. The summed E-state index contributed by atoms with van der Waals surface area (Å²) in [6.07, 6.45) is 1.64. The van der Waals surface area contributed by atoms with E-state index in [0.29, 0.717) is 0 Å². The molecule has 21 heavy (non-hydrogen) atoms. The molecular formula is C16H24ClNO2S. The highest BCUT2D eigenvalue weighted by atomic mass is 35.5. The summed E-state index contributed by atoms with van der Waals surface area (Å²) in [6.45, 7) is 5.96. The molecule has 0 aromatic heterocycles. The summed E-state index contributed by atoms with van der Waals surface area (Å²) >= 11 is 7.84. The van der Waals surface area contributed by atoms with Gasteiger partial charge in [-0.25, -0.2) is 0 Å². The quantitative estimate of drug-likeness (QED) is 0.442. The first-order valence-corrected chi connectivity index (χ1v) is 8.49. The van der Waals surface area contributed by atoms with Crippen LogP contribution in [0.1, 0.15) is 33.6 Å². The smallest absolute Gasteiger partial charge is 0.325 e. The minimum absolute atomic E-state index is 0.209. The van der Waals surface area contributed by atoms with Crippen LogP contribution in [0.15, 0.2) is 29.2 Å². The standard InChI is InChI=1S/C16H24ClNO2S/c1-12(2)18-16(3,15(19)20-4)10-7-11-21-14-9-6-5-8-13(14)17/h5-6,8-9,12,18H,7,10-11H2,1-4H3. The van der Waals surface area contributed by atoms with Gasteiger partial charge in [-0.2, -0.15) is 0 Å². The Morgan fingerprint density at radius 3 is 2.67 bits per heavy atom. The first kappa shape index (κ1) is 18.3. The van der Waals surface area contributed by atoms with E-state index in [9.17, 15) is 4.79 Å².